The van der Waals surface area contributed by atoms with Gasteiger partial charge in [-0.2, -0.15) is 0 Å². The summed E-state index contributed by atoms with van der Waals surface area (Å²) in [7, 11) is 0. The van der Waals surface area contributed by atoms with E-state index in [1.54, 1.807) is 0 Å². The Morgan fingerprint density at radius 3 is 2.06 bits per heavy atom. The minimum Gasteiger partial charge on any atom is -0.317 e. The van der Waals surface area contributed by atoms with E-state index < -0.39 is 35.8 Å². The van der Waals surface area contributed by atoms with Crippen molar-refractivity contribution in [3.05, 3.63) is 33.8 Å². The van der Waals surface area contributed by atoms with Gasteiger partial charge in [-0.3, -0.25) is 4.79 Å². The summed E-state index contributed by atoms with van der Waals surface area (Å²) in [6, 6.07) is 1.52. The Kier molecular flexibility index (Phi) is 4.44. The number of hydrogen-bond acceptors (Lipinski definition) is 1. The third-order valence-corrected chi connectivity index (χ3v) is 2.18. The van der Waals surface area contributed by atoms with E-state index in [1.807, 2.05) is 0 Å². The van der Waals surface area contributed by atoms with Crippen molar-refractivity contribution in [2.45, 2.75) is 12.7 Å². The summed E-state index contributed by atoms with van der Waals surface area (Å²) < 4.78 is 62.4. The molecule has 1 aromatic rings. The molecule has 0 saturated carbocycles. The van der Waals surface area contributed by atoms with Crippen LogP contribution in [-0.2, 0) is 0 Å². The van der Waals surface area contributed by atoms with Gasteiger partial charge >= 0.3 is 0 Å². The first-order chi connectivity index (χ1) is 7.82. The summed E-state index contributed by atoms with van der Waals surface area (Å²) in [6.45, 7) is 0. The minimum atomic E-state index is -3.47. The van der Waals surface area contributed by atoms with Crippen LogP contribution in [0, 0.1) is 11.6 Å². The molecule has 0 aliphatic rings. The van der Waals surface area contributed by atoms with Crippen molar-refractivity contribution >= 4 is 21.8 Å². The van der Waals surface area contributed by atoms with E-state index >= 15 is 0 Å². The zero-order valence-corrected chi connectivity index (χ0v) is 9.57. The van der Waals surface area contributed by atoms with Gasteiger partial charge in [0, 0.05) is 4.47 Å². The maximum atomic E-state index is 13.2. The van der Waals surface area contributed by atoms with Crippen molar-refractivity contribution < 1.29 is 26.7 Å². The van der Waals surface area contributed by atoms with Crippen LogP contribution in [0.1, 0.15) is 10.4 Å². The first-order valence-corrected chi connectivity index (χ1v) is 5.00. The number of hydrogen-bond donors (Lipinski definition) is 1. The van der Waals surface area contributed by atoms with Gasteiger partial charge in [0.25, 0.3) is 12.3 Å². The standard InChI is InChI=1S/C9H5BrF5NO/c10-3-1-4(11)6(5(12)2-3)9(17)16-8(15)7(13)14/h1-2,7-8H,(H,16,17). The van der Waals surface area contributed by atoms with E-state index in [4.69, 9.17) is 0 Å². The van der Waals surface area contributed by atoms with Crippen molar-refractivity contribution in [3.8, 4) is 0 Å². The Labute approximate surface area is 101 Å². The molecule has 0 aliphatic heterocycles. The Morgan fingerprint density at radius 1 is 1.18 bits per heavy atom. The van der Waals surface area contributed by atoms with Crippen LogP contribution < -0.4 is 5.32 Å². The van der Waals surface area contributed by atoms with E-state index in [0.717, 1.165) is 17.4 Å². The van der Waals surface area contributed by atoms with Crippen molar-refractivity contribution in [3.63, 3.8) is 0 Å². The summed E-state index contributed by atoms with van der Waals surface area (Å²) in [5.74, 6) is -4.15. The third kappa shape index (κ3) is 3.39. The molecule has 1 N–H and O–H groups in total. The second-order valence-electron chi connectivity index (χ2n) is 2.95. The molecule has 17 heavy (non-hydrogen) atoms. The molecule has 0 aliphatic carbocycles. The predicted molar refractivity (Wildman–Crippen MR) is 52.4 cm³/mol. The number of halogens is 6. The number of carbonyl (C=O) groups excluding carboxylic acids is 1. The lowest BCUT2D eigenvalue weighted by molar-refractivity contribution is 0.0284. The lowest BCUT2D eigenvalue weighted by Crippen LogP contribution is -2.37. The summed E-state index contributed by atoms with van der Waals surface area (Å²) in [5, 5.41) is 1.15. The lowest BCUT2D eigenvalue weighted by Gasteiger charge is -2.10. The number of benzene rings is 1. The van der Waals surface area contributed by atoms with Crippen molar-refractivity contribution in [1.29, 1.82) is 0 Å². The monoisotopic (exact) mass is 317 g/mol. The van der Waals surface area contributed by atoms with Crippen molar-refractivity contribution in [2.75, 3.05) is 0 Å². The van der Waals surface area contributed by atoms with E-state index in [1.165, 1.54) is 0 Å². The molecule has 0 saturated heterocycles. The first kappa shape index (κ1) is 13.9. The van der Waals surface area contributed by atoms with E-state index in [2.05, 4.69) is 15.9 Å². The molecule has 1 amide bonds. The summed E-state index contributed by atoms with van der Waals surface area (Å²) in [5.41, 5.74) is -1.11. The second kappa shape index (κ2) is 5.44. The maximum absolute atomic E-state index is 13.2. The molecule has 94 valence electrons. The molecule has 1 atom stereocenters. The lowest BCUT2D eigenvalue weighted by atomic mass is 10.2. The zero-order chi connectivity index (χ0) is 13.2. The van der Waals surface area contributed by atoms with Crippen LogP contribution in [0.3, 0.4) is 0 Å². The normalized spacial score (nSPS) is 12.6. The van der Waals surface area contributed by atoms with Gasteiger partial charge in [-0.15, -0.1) is 0 Å². The predicted octanol–water partition coefficient (Wildman–Crippen LogP) is 3.02. The van der Waals surface area contributed by atoms with Gasteiger partial charge in [0.2, 0.25) is 6.30 Å². The van der Waals surface area contributed by atoms with Crippen LogP contribution in [0.5, 0.6) is 0 Å². The molecule has 0 heterocycles. The number of alkyl halides is 3. The summed E-state index contributed by atoms with van der Waals surface area (Å²) >= 11 is 2.76. The molecule has 2 nitrogen and oxygen atoms in total. The number of rotatable bonds is 3. The van der Waals surface area contributed by atoms with Crippen molar-refractivity contribution in [2.24, 2.45) is 0 Å². The molecule has 0 aromatic heterocycles. The Bertz CT molecular complexity index is 416. The van der Waals surface area contributed by atoms with Crippen LogP contribution in [0.25, 0.3) is 0 Å². The van der Waals surface area contributed by atoms with Gasteiger partial charge in [-0.05, 0) is 12.1 Å². The molecule has 0 spiro atoms. The van der Waals surface area contributed by atoms with Gasteiger partial charge in [-0.25, -0.2) is 22.0 Å². The minimum absolute atomic E-state index is 0.0229. The maximum Gasteiger partial charge on any atom is 0.287 e. The molecule has 0 fully saturated rings. The topological polar surface area (TPSA) is 29.1 Å². The zero-order valence-electron chi connectivity index (χ0n) is 7.99. The summed E-state index contributed by atoms with van der Waals surface area (Å²) in [6.07, 6.45) is -6.45. The number of carbonyl (C=O) groups is 1. The van der Waals surface area contributed by atoms with Gasteiger partial charge in [-0.1, -0.05) is 15.9 Å². The molecule has 0 bridgehead atoms. The number of amides is 1. The molecule has 1 rings (SSSR count). The largest absolute Gasteiger partial charge is 0.317 e. The van der Waals surface area contributed by atoms with Gasteiger partial charge in [0.15, 0.2) is 0 Å². The Balaban J connectivity index is 2.97. The highest BCUT2D eigenvalue weighted by atomic mass is 79.9. The Morgan fingerprint density at radius 2 is 1.65 bits per heavy atom. The van der Waals surface area contributed by atoms with Crippen LogP contribution in [0.15, 0.2) is 16.6 Å². The smallest absolute Gasteiger partial charge is 0.287 e. The Hall–Kier alpha value is -1.18. The SMILES string of the molecule is O=C(NC(F)C(F)F)c1c(F)cc(Br)cc1F. The van der Waals surface area contributed by atoms with Crippen LogP contribution in [0.2, 0.25) is 0 Å². The van der Waals surface area contributed by atoms with Gasteiger partial charge in [0.1, 0.15) is 17.2 Å². The molecule has 1 aromatic carbocycles. The summed E-state index contributed by atoms with van der Waals surface area (Å²) in [4.78, 5) is 11.1. The molecular weight excluding hydrogens is 313 g/mol. The third-order valence-electron chi connectivity index (χ3n) is 1.72. The fourth-order valence-corrected chi connectivity index (χ4v) is 1.42. The molecular formula is C9H5BrF5NO. The highest BCUT2D eigenvalue weighted by molar-refractivity contribution is 9.10. The molecule has 0 radical (unpaired) electrons. The average molecular weight is 318 g/mol. The van der Waals surface area contributed by atoms with E-state index in [-0.39, 0.29) is 4.47 Å². The van der Waals surface area contributed by atoms with E-state index in [9.17, 15) is 26.7 Å². The highest BCUT2D eigenvalue weighted by Gasteiger charge is 2.25. The van der Waals surface area contributed by atoms with Gasteiger partial charge < -0.3 is 5.32 Å². The molecule has 1 unspecified atom stereocenters. The van der Waals surface area contributed by atoms with E-state index in [0.29, 0.717) is 0 Å². The van der Waals surface area contributed by atoms with Crippen LogP contribution in [-0.4, -0.2) is 18.6 Å². The quantitative estimate of drug-likeness (QED) is 0.674. The fraction of sp³-hybridized carbons (Fsp3) is 0.222. The van der Waals surface area contributed by atoms with Gasteiger partial charge in [0.05, 0.1) is 0 Å². The van der Waals surface area contributed by atoms with Crippen LogP contribution in [0.4, 0.5) is 22.0 Å². The highest BCUT2D eigenvalue weighted by Crippen LogP contribution is 2.19. The average Bonchev–Trinajstić information content (AvgIpc) is 2.15. The van der Waals surface area contributed by atoms with Crippen molar-refractivity contribution in [1.82, 2.24) is 5.32 Å². The number of nitrogens with one attached hydrogen (secondary N) is 1. The second-order valence-corrected chi connectivity index (χ2v) is 3.87. The fourth-order valence-electron chi connectivity index (χ4n) is 1.02. The molecule has 8 heteroatoms. The van der Waals surface area contributed by atoms with Crippen LogP contribution >= 0.6 is 15.9 Å². The first-order valence-electron chi connectivity index (χ1n) is 4.20.